The smallest absolute Gasteiger partial charge is 0.308 e. The Morgan fingerprint density at radius 2 is 1.86 bits per heavy atom. The van der Waals surface area contributed by atoms with Crippen LogP contribution in [0.2, 0.25) is 0 Å². The molecule has 0 amide bonds. The fraction of sp³-hybridized carbons (Fsp3) is 0.923. The lowest BCUT2D eigenvalue weighted by Gasteiger charge is -2.39. The van der Waals surface area contributed by atoms with Gasteiger partial charge in [-0.3, -0.25) is 4.79 Å². The van der Waals surface area contributed by atoms with Gasteiger partial charge in [0.05, 0.1) is 19.1 Å². The van der Waals surface area contributed by atoms with Gasteiger partial charge in [0.15, 0.2) is 6.29 Å². The van der Waals surface area contributed by atoms with E-state index < -0.39 is 37.3 Å². The van der Waals surface area contributed by atoms with Crippen LogP contribution in [0.4, 0.5) is 0 Å². The van der Waals surface area contributed by atoms with Crippen molar-refractivity contribution in [3.8, 4) is 0 Å². The van der Waals surface area contributed by atoms with E-state index >= 15 is 0 Å². The predicted octanol–water partition coefficient (Wildman–Crippen LogP) is -1.61. The number of aliphatic hydroxyl groups excluding tert-OH is 4. The first-order valence-electron chi connectivity index (χ1n) is 7.01. The van der Waals surface area contributed by atoms with E-state index in [2.05, 4.69) is 0 Å². The van der Waals surface area contributed by atoms with E-state index in [1.54, 1.807) is 6.92 Å². The molecular weight excluding hydrogens is 284 g/mol. The van der Waals surface area contributed by atoms with Crippen molar-refractivity contribution in [1.29, 1.82) is 0 Å². The number of aliphatic hydroxyl groups is 4. The SMILES string of the molecule is CCC(C)C(=O)OCCOC1OC(CO)[C@H](O)C(O)[C@H]1O. The molecule has 6 atom stereocenters. The van der Waals surface area contributed by atoms with Crippen LogP contribution in [0.15, 0.2) is 0 Å². The quantitative estimate of drug-likeness (QED) is 0.327. The Bertz CT molecular complexity index is 321. The van der Waals surface area contributed by atoms with Gasteiger partial charge in [0.1, 0.15) is 31.0 Å². The molecule has 0 spiro atoms. The first kappa shape index (κ1) is 18.3. The van der Waals surface area contributed by atoms with Crippen LogP contribution in [0.1, 0.15) is 20.3 Å². The number of esters is 1. The minimum Gasteiger partial charge on any atom is -0.463 e. The van der Waals surface area contributed by atoms with Crippen LogP contribution < -0.4 is 0 Å². The zero-order chi connectivity index (χ0) is 16.0. The molecule has 4 N–H and O–H groups in total. The Morgan fingerprint density at radius 1 is 1.19 bits per heavy atom. The largest absolute Gasteiger partial charge is 0.463 e. The highest BCUT2D eigenvalue weighted by molar-refractivity contribution is 5.71. The molecule has 8 heteroatoms. The zero-order valence-electron chi connectivity index (χ0n) is 12.2. The Balaban J connectivity index is 2.35. The van der Waals surface area contributed by atoms with E-state index in [1.807, 2.05) is 6.92 Å². The molecule has 1 rings (SSSR count). The molecule has 0 aromatic rings. The summed E-state index contributed by atoms with van der Waals surface area (Å²) < 4.78 is 15.3. The summed E-state index contributed by atoms with van der Waals surface area (Å²) in [5, 5.41) is 37.9. The molecule has 0 aromatic carbocycles. The van der Waals surface area contributed by atoms with E-state index in [1.165, 1.54) is 0 Å². The summed E-state index contributed by atoms with van der Waals surface area (Å²) in [6.45, 7) is 3.05. The Hall–Kier alpha value is -0.770. The molecule has 0 aliphatic carbocycles. The molecule has 1 aliphatic heterocycles. The van der Waals surface area contributed by atoms with Gasteiger partial charge in [0, 0.05) is 0 Å². The molecule has 8 nitrogen and oxygen atoms in total. The molecule has 1 heterocycles. The van der Waals surface area contributed by atoms with Crippen molar-refractivity contribution in [3.05, 3.63) is 0 Å². The molecule has 4 unspecified atom stereocenters. The molecule has 124 valence electrons. The highest BCUT2D eigenvalue weighted by Crippen LogP contribution is 2.21. The topological polar surface area (TPSA) is 126 Å². The van der Waals surface area contributed by atoms with Crippen molar-refractivity contribution in [1.82, 2.24) is 0 Å². The zero-order valence-corrected chi connectivity index (χ0v) is 12.2. The first-order valence-corrected chi connectivity index (χ1v) is 7.01. The Labute approximate surface area is 123 Å². The number of ether oxygens (including phenoxy) is 3. The summed E-state index contributed by atoms with van der Waals surface area (Å²) in [6, 6.07) is 0. The van der Waals surface area contributed by atoms with Gasteiger partial charge in [0.2, 0.25) is 0 Å². The van der Waals surface area contributed by atoms with Crippen molar-refractivity contribution in [2.24, 2.45) is 5.92 Å². The highest BCUT2D eigenvalue weighted by atomic mass is 16.7. The van der Waals surface area contributed by atoms with Gasteiger partial charge in [0.25, 0.3) is 0 Å². The third kappa shape index (κ3) is 4.87. The van der Waals surface area contributed by atoms with Crippen LogP contribution in [-0.2, 0) is 19.0 Å². The Kier molecular flexibility index (Phi) is 7.50. The summed E-state index contributed by atoms with van der Waals surface area (Å²) in [5.41, 5.74) is 0. The lowest BCUT2D eigenvalue weighted by molar-refractivity contribution is -0.302. The standard InChI is InChI=1S/C13H24O8/c1-3-7(2)12(18)19-4-5-20-13-11(17)10(16)9(15)8(6-14)21-13/h7-11,13-17H,3-6H2,1-2H3/t7?,8?,9-,10?,11+,13?/m0/s1. The maximum absolute atomic E-state index is 11.4. The molecule has 0 saturated carbocycles. The number of carbonyl (C=O) groups is 1. The van der Waals surface area contributed by atoms with Crippen molar-refractivity contribution in [3.63, 3.8) is 0 Å². The van der Waals surface area contributed by atoms with E-state index in [0.29, 0.717) is 6.42 Å². The molecule has 1 saturated heterocycles. The lowest BCUT2D eigenvalue weighted by Crippen LogP contribution is -2.59. The van der Waals surface area contributed by atoms with Crippen LogP contribution in [-0.4, -0.2) is 76.9 Å². The molecule has 21 heavy (non-hydrogen) atoms. The van der Waals surface area contributed by atoms with Crippen molar-refractivity contribution in [2.45, 2.75) is 51.0 Å². The van der Waals surface area contributed by atoms with Gasteiger partial charge in [-0.2, -0.15) is 0 Å². The monoisotopic (exact) mass is 308 g/mol. The van der Waals surface area contributed by atoms with Crippen LogP contribution in [0.3, 0.4) is 0 Å². The van der Waals surface area contributed by atoms with E-state index in [0.717, 1.165) is 0 Å². The maximum Gasteiger partial charge on any atom is 0.308 e. The van der Waals surface area contributed by atoms with Gasteiger partial charge in [-0.15, -0.1) is 0 Å². The maximum atomic E-state index is 11.4. The van der Waals surface area contributed by atoms with Crippen LogP contribution >= 0.6 is 0 Å². The normalized spacial score (nSPS) is 34.5. The van der Waals surface area contributed by atoms with Crippen LogP contribution in [0, 0.1) is 5.92 Å². The predicted molar refractivity (Wildman–Crippen MR) is 70.1 cm³/mol. The average Bonchev–Trinajstić information content (AvgIpc) is 2.49. The summed E-state index contributed by atoms with van der Waals surface area (Å²) in [4.78, 5) is 11.4. The molecule has 1 aliphatic rings. The van der Waals surface area contributed by atoms with Gasteiger partial charge < -0.3 is 34.6 Å². The summed E-state index contributed by atoms with van der Waals surface area (Å²) in [7, 11) is 0. The third-order valence-electron chi connectivity index (χ3n) is 3.47. The third-order valence-corrected chi connectivity index (χ3v) is 3.47. The number of rotatable bonds is 7. The second-order valence-electron chi connectivity index (χ2n) is 5.04. The van der Waals surface area contributed by atoms with Crippen molar-refractivity contribution in [2.75, 3.05) is 19.8 Å². The average molecular weight is 308 g/mol. The van der Waals surface area contributed by atoms with E-state index in [-0.39, 0.29) is 25.1 Å². The van der Waals surface area contributed by atoms with Gasteiger partial charge >= 0.3 is 5.97 Å². The molecule has 1 fully saturated rings. The second-order valence-corrected chi connectivity index (χ2v) is 5.04. The lowest BCUT2D eigenvalue weighted by atomic mass is 9.99. The summed E-state index contributed by atoms with van der Waals surface area (Å²) in [5.74, 6) is -0.535. The molecule has 0 aromatic heterocycles. The van der Waals surface area contributed by atoms with Crippen molar-refractivity contribution >= 4 is 5.97 Å². The minimum absolute atomic E-state index is 0.0157. The fourth-order valence-electron chi connectivity index (χ4n) is 1.82. The van der Waals surface area contributed by atoms with Crippen LogP contribution in [0.5, 0.6) is 0 Å². The molecule has 0 radical (unpaired) electrons. The van der Waals surface area contributed by atoms with Gasteiger partial charge in [-0.25, -0.2) is 0 Å². The first-order chi connectivity index (χ1) is 9.92. The van der Waals surface area contributed by atoms with Gasteiger partial charge in [-0.05, 0) is 6.42 Å². The van der Waals surface area contributed by atoms with Gasteiger partial charge in [-0.1, -0.05) is 13.8 Å². The Morgan fingerprint density at radius 3 is 2.43 bits per heavy atom. The second kappa shape index (κ2) is 8.62. The van der Waals surface area contributed by atoms with E-state index in [4.69, 9.17) is 19.3 Å². The fourth-order valence-corrected chi connectivity index (χ4v) is 1.82. The van der Waals surface area contributed by atoms with Crippen molar-refractivity contribution < 1.29 is 39.4 Å². The number of hydrogen-bond donors (Lipinski definition) is 4. The highest BCUT2D eigenvalue weighted by Gasteiger charge is 2.43. The summed E-state index contributed by atoms with van der Waals surface area (Å²) >= 11 is 0. The number of carbonyl (C=O) groups excluding carboxylic acids is 1. The number of hydrogen-bond acceptors (Lipinski definition) is 8. The van der Waals surface area contributed by atoms with E-state index in [9.17, 15) is 20.1 Å². The molecule has 0 bridgehead atoms. The molecular formula is C13H24O8. The minimum atomic E-state index is -1.48. The summed E-state index contributed by atoms with van der Waals surface area (Å²) in [6.07, 6.45) is -5.91. The van der Waals surface area contributed by atoms with Crippen LogP contribution in [0.25, 0.3) is 0 Å².